The summed E-state index contributed by atoms with van der Waals surface area (Å²) in [6, 6.07) is 7.99. The fourth-order valence-electron chi connectivity index (χ4n) is 3.39. The quantitative estimate of drug-likeness (QED) is 0.714. The minimum absolute atomic E-state index is 0. The Balaban J connectivity index is 0.00000156. The number of hydrogen-bond donors (Lipinski definition) is 3. The summed E-state index contributed by atoms with van der Waals surface area (Å²) in [5.74, 6) is 2.23. The summed E-state index contributed by atoms with van der Waals surface area (Å²) in [5, 5.41) is 6.41. The number of aromatic amines is 1. The number of rotatable bonds is 6. The molecule has 3 N–H and O–H groups in total. The molecular weight excluding hydrogens is 359 g/mol. The number of nitrogens with one attached hydrogen (secondary N) is 3. The number of hydrogen-bond acceptors (Lipinski definition) is 3. The van der Waals surface area contributed by atoms with Crippen LogP contribution in [-0.4, -0.2) is 35.5 Å². The first kappa shape index (κ1) is 21.7. The minimum Gasteiger partial charge on any atom is -0.356 e. The van der Waals surface area contributed by atoms with E-state index in [0.29, 0.717) is 24.8 Å². The number of H-pyrrole nitrogens is 1. The fraction of sp³-hybridized carbons (Fsp3) is 0.556. The molecule has 0 saturated carbocycles. The maximum Gasteiger partial charge on any atom is 0.220 e. The molecule has 1 aliphatic rings. The van der Waals surface area contributed by atoms with Gasteiger partial charge in [-0.3, -0.25) is 4.79 Å². The smallest absolute Gasteiger partial charge is 0.220 e. The third-order valence-electron chi connectivity index (χ3n) is 4.82. The van der Waals surface area contributed by atoms with Gasteiger partial charge in [-0.2, -0.15) is 0 Å². The lowest BCUT2D eigenvalue weighted by atomic mass is 9.84. The van der Waals surface area contributed by atoms with Crippen molar-refractivity contribution in [3.05, 3.63) is 30.1 Å². The summed E-state index contributed by atoms with van der Waals surface area (Å²) in [5.41, 5.74) is 2.03. The van der Waals surface area contributed by atoms with Crippen LogP contribution in [0.4, 0.5) is 0 Å². The average molecular weight is 387 g/mol. The molecule has 25 heavy (non-hydrogen) atoms. The van der Waals surface area contributed by atoms with Crippen molar-refractivity contribution in [1.82, 2.24) is 20.6 Å². The first-order valence-electron chi connectivity index (χ1n) is 8.63. The summed E-state index contributed by atoms with van der Waals surface area (Å²) < 4.78 is 0. The molecule has 7 heteroatoms. The van der Waals surface area contributed by atoms with Gasteiger partial charge in [0.1, 0.15) is 5.82 Å². The largest absolute Gasteiger partial charge is 0.356 e. The van der Waals surface area contributed by atoms with Crippen LogP contribution in [-0.2, 0) is 11.2 Å². The van der Waals surface area contributed by atoms with Crippen molar-refractivity contribution in [2.24, 2.45) is 11.8 Å². The van der Waals surface area contributed by atoms with Crippen molar-refractivity contribution in [2.75, 3.05) is 19.6 Å². The van der Waals surface area contributed by atoms with Crippen molar-refractivity contribution >= 4 is 41.8 Å². The molecule has 1 atom stereocenters. The lowest BCUT2D eigenvalue weighted by Gasteiger charge is -2.27. The van der Waals surface area contributed by atoms with Crippen LogP contribution in [0.25, 0.3) is 11.0 Å². The van der Waals surface area contributed by atoms with Gasteiger partial charge in [-0.1, -0.05) is 19.1 Å². The Morgan fingerprint density at radius 1 is 1.28 bits per heavy atom. The summed E-state index contributed by atoms with van der Waals surface area (Å²) in [4.78, 5) is 19.9. The molecule has 1 unspecified atom stereocenters. The number of aromatic nitrogens is 2. The molecule has 3 rings (SSSR count). The number of fused-ring (bicyclic) bond motifs is 1. The lowest BCUT2D eigenvalue weighted by Crippen LogP contribution is -2.34. The Labute approximate surface area is 161 Å². The molecule has 0 spiro atoms. The second-order valence-electron chi connectivity index (χ2n) is 6.57. The Hall–Kier alpha value is -1.30. The maximum atomic E-state index is 12.1. The molecule has 140 valence electrons. The molecule has 0 radical (unpaired) electrons. The second kappa shape index (κ2) is 10.6. The van der Waals surface area contributed by atoms with Gasteiger partial charge in [0.05, 0.1) is 11.0 Å². The van der Waals surface area contributed by atoms with Crippen molar-refractivity contribution in [2.45, 2.75) is 32.6 Å². The predicted octanol–water partition coefficient (Wildman–Crippen LogP) is 3.09. The van der Waals surface area contributed by atoms with Crippen molar-refractivity contribution in [1.29, 1.82) is 0 Å². The van der Waals surface area contributed by atoms with E-state index in [1.54, 1.807) is 0 Å². The van der Waals surface area contributed by atoms with E-state index in [4.69, 9.17) is 0 Å². The van der Waals surface area contributed by atoms with E-state index in [0.717, 1.165) is 36.4 Å². The van der Waals surface area contributed by atoms with E-state index in [-0.39, 0.29) is 30.7 Å². The van der Waals surface area contributed by atoms with E-state index in [1.165, 1.54) is 12.8 Å². The molecule has 2 aromatic rings. The molecule has 0 bridgehead atoms. The Morgan fingerprint density at radius 3 is 2.72 bits per heavy atom. The number of nitrogens with zero attached hydrogens (tertiary/aromatic N) is 1. The van der Waals surface area contributed by atoms with Crippen molar-refractivity contribution in [3.63, 3.8) is 0 Å². The molecule has 1 aromatic carbocycles. The highest BCUT2D eigenvalue weighted by Gasteiger charge is 2.21. The van der Waals surface area contributed by atoms with Gasteiger partial charge in [0.2, 0.25) is 5.91 Å². The normalized spacial score (nSPS) is 15.9. The summed E-state index contributed by atoms with van der Waals surface area (Å²) in [6.07, 6.45) is 3.74. The summed E-state index contributed by atoms with van der Waals surface area (Å²) in [7, 11) is 0. The highest BCUT2D eigenvalue weighted by Crippen LogP contribution is 2.24. The second-order valence-corrected chi connectivity index (χ2v) is 6.57. The molecule has 1 fully saturated rings. The number of piperidine rings is 1. The zero-order chi connectivity index (χ0) is 16.1. The van der Waals surface area contributed by atoms with Gasteiger partial charge >= 0.3 is 0 Å². The molecule has 1 aliphatic heterocycles. The fourth-order valence-corrected chi connectivity index (χ4v) is 3.39. The minimum atomic E-state index is 0. The summed E-state index contributed by atoms with van der Waals surface area (Å²) >= 11 is 0. The van der Waals surface area contributed by atoms with Gasteiger partial charge in [-0.15, -0.1) is 24.8 Å². The predicted molar refractivity (Wildman–Crippen MR) is 107 cm³/mol. The van der Waals surface area contributed by atoms with Gasteiger partial charge in [0.15, 0.2) is 0 Å². The molecule has 1 aromatic heterocycles. The first-order chi connectivity index (χ1) is 11.2. The van der Waals surface area contributed by atoms with E-state index in [9.17, 15) is 4.79 Å². The van der Waals surface area contributed by atoms with Crippen LogP contribution in [0.3, 0.4) is 0 Å². The standard InChI is InChI=1S/C18H26N4O.2ClH/c1-13(14-6-9-19-10-7-14)12-18(23)20-11-8-17-21-15-4-2-3-5-16(15)22-17;;/h2-5,13-14,19H,6-12H2,1H3,(H,20,23)(H,21,22);2*1H. The molecule has 5 nitrogen and oxygen atoms in total. The Bertz CT molecular complexity index is 622. The van der Waals surface area contributed by atoms with Crippen molar-refractivity contribution in [3.8, 4) is 0 Å². The SMILES string of the molecule is CC(CC(=O)NCCc1nc2ccccc2[nH]1)C1CCNCC1.Cl.Cl. The monoisotopic (exact) mass is 386 g/mol. The van der Waals surface area contributed by atoms with Crippen molar-refractivity contribution < 1.29 is 4.79 Å². The Kier molecular flexibility index (Phi) is 9.25. The Morgan fingerprint density at radius 2 is 2.00 bits per heavy atom. The number of halogens is 2. The van der Waals surface area contributed by atoms with Crippen LogP contribution in [0.1, 0.15) is 32.0 Å². The topological polar surface area (TPSA) is 69.8 Å². The van der Waals surface area contributed by atoms with Gasteiger partial charge < -0.3 is 15.6 Å². The maximum absolute atomic E-state index is 12.1. The molecular formula is C18H28Cl2N4O. The number of carbonyl (C=O) groups is 1. The van der Waals surface area contributed by atoms with E-state index in [1.807, 2.05) is 24.3 Å². The van der Waals surface area contributed by atoms with Gasteiger partial charge in [-0.25, -0.2) is 4.98 Å². The van der Waals surface area contributed by atoms with Gasteiger partial charge in [0, 0.05) is 19.4 Å². The molecule has 1 amide bonds. The highest BCUT2D eigenvalue weighted by atomic mass is 35.5. The zero-order valence-corrected chi connectivity index (χ0v) is 16.2. The van der Waals surface area contributed by atoms with E-state index < -0.39 is 0 Å². The highest BCUT2D eigenvalue weighted by molar-refractivity contribution is 5.85. The van der Waals surface area contributed by atoms with Crippen LogP contribution in [0, 0.1) is 11.8 Å². The first-order valence-corrected chi connectivity index (χ1v) is 8.63. The lowest BCUT2D eigenvalue weighted by molar-refractivity contribution is -0.122. The number of amides is 1. The van der Waals surface area contributed by atoms with Crippen LogP contribution in [0.5, 0.6) is 0 Å². The molecule has 1 saturated heterocycles. The molecule has 0 aliphatic carbocycles. The zero-order valence-electron chi connectivity index (χ0n) is 14.6. The number of para-hydroxylation sites is 2. The number of benzene rings is 1. The molecule has 2 heterocycles. The summed E-state index contributed by atoms with van der Waals surface area (Å²) in [6.45, 7) is 5.01. The third kappa shape index (κ3) is 6.17. The third-order valence-corrected chi connectivity index (χ3v) is 4.82. The number of imidazole rings is 1. The van der Waals surface area contributed by atoms with E-state index >= 15 is 0 Å². The van der Waals surface area contributed by atoms with Crippen LogP contribution in [0.15, 0.2) is 24.3 Å². The van der Waals surface area contributed by atoms with Gasteiger partial charge in [0.25, 0.3) is 0 Å². The van der Waals surface area contributed by atoms with Crippen LogP contribution >= 0.6 is 24.8 Å². The number of carbonyl (C=O) groups excluding carboxylic acids is 1. The van der Waals surface area contributed by atoms with Crippen LogP contribution in [0.2, 0.25) is 0 Å². The van der Waals surface area contributed by atoms with Crippen LogP contribution < -0.4 is 10.6 Å². The van der Waals surface area contributed by atoms with E-state index in [2.05, 4.69) is 27.5 Å². The average Bonchev–Trinajstić information content (AvgIpc) is 2.98. The van der Waals surface area contributed by atoms with Gasteiger partial charge in [-0.05, 0) is 49.9 Å².